The van der Waals surface area contributed by atoms with E-state index in [1.165, 1.54) is 22.9 Å². The molecule has 0 aliphatic rings. The summed E-state index contributed by atoms with van der Waals surface area (Å²) in [5, 5.41) is 4.89. The minimum Gasteiger partial charge on any atom is -0.317 e. The fraction of sp³-hybridized carbons (Fsp3) is 0.250. The molecule has 31 heavy (non-hydrogen) atoms. The summed E-state index contributed by atoms with van der Waals surface area (Å²) < 4.78 is 3.17. The van der Waals surface area contributed by atoms with Gasteiger partial charge in [0.25, 0.3) is 0 Å². The zero-order chi connectivity index (χ0) is 22.5. The lowest BCUT2D eigenvalue weighted by molar-refractivity contribution is -0.118. The summed E-state index contributed by atoms with van der Waals surface area (Å²) in [7, 11) is 0. The monoisotopic (exact) mass is 517 g/mol. The minimum absolute atomic E-state index is 0.130. The number of carbonyl (C=O) groups excluding carboxylic acids is 1. The third-order valence-electron chi connectivity index (χ3n) is 5.16. The van der Waals surface area contributed by atoms with E-state index < -0.39 is 0 Å². The second-order valence-corrected chi connectivity index (χ2v) is 9.63. The number of carbonyl (C=O) groups is 1. The molecular formula is C24H25BrClN3OS. The van der Waals surface area contributed by atoms with Crippen molar-refractivity contribution >= 4 is 51.4 Å². The van der Waals surface area contributed by atoms with Crippen molar-refractivity contribution in [3.63, 3.8) is 0 Å². The normalized spacial score (nSPS) is 11.3. The Labute approximate surface area is 201 Å². The highest BCUT2D eigenvalue weighted by atomic mass is 79.9. The van der Waals surface area contributed by atoms with Gasteiger partial charge in [-0.15, -0.1) is 11.8 Å². The lowest BCUT2D eigenvalue weighted by atomic mass is 10.1. The van der Waals surface area contributed by atoms with E-state index >= 15 is 0 Å². The van der Waals surface area contributed by atoms with E-state index in [1.807, 2.05) is 24.3 Å². The Balaban J connectivity index is 1.63. The molecule has 1 N–H and O–H groups in total. The Morgan fingerprint density at radius 1 is 1.10 bits per heavy atom. The second kappa shape index (κ2) is 10.5. The number of hydrogen-bond acceptors (Lipinski definition) is 3. The van der Waals surface area contributed by atoms with Crippen LogP contribution in [0.2, 0.25) is 5.02 Å². The van der Waals surface area contributed by atoms with Crippen molar-refractivity contribution in [1.29, 1.82) is 0 Å². The third-order valence-corrected chi connectivity index (χ3v) is 7.42. The van der Waals surface area contributed by atoms with E-state index in [4.69, 9.17) is 11.6 Å². The van der Waals surface area contributed by atoms with E-state index in [2.05, 4.69) is 76.9 Å². The second-order valence-electron chi connectivity index (χ2n) is 7.41. The Kier molecular flexibility index (Phi) is 8.03. The Morgan fingerprint density at radius 2 is 1.81 bits per heavy atom. The number of benzene rings is 2. The highest BCUT2D eigenvalue weighted by Gasteiger charge is 2.16. The number of rotatable bonds is 7. The van der Waals surface area contributed by atoms with Crippen LogP contribution in [0.25, 0.3) is 5.69 Å². The molecule has 0 radical (unpaired) electrons. The average molecular weight is 519 g/mol. The van der Waals surface area contributed by atoms with Crippen LogP contribution in [-0.4, -0.2) is 22.4 Å². The van der Waals surface area contributed by atoms with Crippen LogP contribution in [-0.2, 0) is 10.5 Å². The average Bonchev–Trinajstić information content (AvgIpc) is 2.95. The van der Waals surface area contributed by atoms with Crippen LogP contribution in [0.1, 0.15) is 33.6 Å². The Bertz CT molecular complexity index is 1120. The molecule has 4 nitrogen and oxygen atoms in total. The van der Waals surface area contributed by atoms with Crippen LogP contribution >= 0.6 is 39.3 Å². The molecule has 1 amide bonds. The first-order valence-corrected chi connectivity index (χ1v) is 12.2. The first-order valence-electron chi connectivity index (χ1n) is 9.87. The summed E-state index contributed by atoms with van der Waals surface area (Å²) >= 11 is 11.1. The van der Waals surface area contributed by atoms with Gasteiger partial charge in [0.2, 0.25) is 5.91 Å². The highest BCUT2D eigenvalue weighted by Crippen LogP contribution is 2.30. The predicted octanol–water partition coefficient (Wildman–Crippen LogP) is 6.51. The van der Waals surface area contributed by atoms with Crippen molar-refractivity contribution in [1.82, 2.24) is 9.99 Å². The summed E-state index contributed by atoms with van der Waals surface area (Å²) in [5.74, 6) is 0.953. The van der Waals surface area contributed by atoms with E-state index in [1.54, 1.807) is 6.21 Å². The van der Waals surface area contributed by atoms with Gasteiger partial charge >= 0.3 is 0 Å². The van der Waals surface area contributed by atoms with Gasteiger partial charge in [0.15, 0.2) is 0 Å². The number of aromatic nitrogens is 1. The van der Waals surface area contributed by atoms with E-state index in [-0.39, 0.29) is 5.91 Å². The van der Waals surface area contributed by atoms with Gasteiger partial charge in [0.05, 0.1) is 12.0 Å². The van der Waals surface area contributed by atoms with Crippen LogP contribution in [0, 0.1) is 27.7 Å². The van der Waals surface area contributed by atoms with E-state index in [9.17, 15) is 4.79 Å². The molecule has 0 fully saturated rings. The van der Waals surface area contributed by atoms with E-state index in [0.29, 0.717) is 10.8 Å². The zero-order valence-electron chi connectivity index (χ0n) is 18.0. The quantitative estimate of drug-likeness (QED) is 0.286. The van der Waals surface area contributed by atoms with Crippen molar-refractivity contribution in [3.8, 4) is 5.69 Å². The van der Waals surface area contributed by atoms with E-state index in [0.717, 1.165) is 38.4 Å². The maximum atomic E-state index is 12.1. The largest absolute Gasteiger partial charge is 0.317 e. The minimum atomic E-state index is -0.130. The van der Waals surface area contributed by atoms with Gasteiger partial charge in [-0.2, -0.15) is 5.10 Å². The predicted molar refractivity (Wildman–Crippen MR) is 136 cm³/mol. The molecule has 3 aromatic rings. The number of thioether (sulfide) groups is 1. The molecule has 1 heterocycles. The van der Waals surface area contributed by atoms with Crippen molar-refractivity contribution < 1.29 is 4.79 Å². The smallest absolute Gasteiger partial charge is 0.250 e. The number of nitrogens with zero attached hydrogens (tertiary/aromatic N) is 2. The van der Waals surface area contributed by atoms with Crippen LogP contribution in [0.5, 0.6) is 0 Å². The number of halogens is 2. The summed E-state index contributed by atoms with van der Waals surface area (Å²) in [6.45, 7) is 8.34. The molecule has 2 aromatic carbocycles. The van der Waals surface area contributed by atoms with Crippen LogP contribution in [0.3, 0.4) is 0 Å². The van der Waals surface area contributed by atoms with Crippen LogP contribution in [0.15, 0.2) is 52.0 Å². The number of hydrazone groups is 1. The summed E-state index contributed by atoms with van der Waals surface area (Å²) in [5.41, 5.74) is 10.5. The van der Waals surface area contributed by atoms with Crippen molar-refractivity contribution in [2.24, 2.45) is 5.10 Å². The van der Waals surface area contributed by atoms with Crippen molar-refractivity contribution in [2.45, 2.75) is 33.4 Å². The van der Waals surface area contributed by atoms with Crippen LogP contribution < -0.4 is 5.43 Å². The van der Waals surface area contributed by atoms with Crippen molar-refractivity contribution in [3.05, 3.63) is 85.6 Å². The first kappa shape index (κ1) is 23.6. The molecule has 0 atom stereocenters. The van der Waals surface area contributed by atoms with Gasteiger partial charge in [-0.1, -0.05) is 29.8 Å². The number of amides is 1. The molecule has 162 valence electrons. The zero-order valence-corrected chi connectivity index (χ0v) is 21.2. The van der Waals surface area contributed by atoms with Gasteiger partial charge in [-0.3, -0.25) is 4.79 Å². The molecular weight excluding hydrogens is 494 g/mol. The standard InChI is InChI=1S/C24H25BrClN3OS/c1-15-5-10-21(11-16(15)2)29-17(3)22(24(25)18(29)4)12-27-28-23(30)14-31-13-19-6-8-20(26)9-7-19/h5-12H,13-14H2,1-4H3,(H,28,30)/b27-12-. The van der Waals surface area contributed by atoms with Gasteiger partial charge in [0, 0.05) is 37.9 Å². The van der Waals surface area contributed by atoms with Gasteiger partial charge < -0.3 is 4.57 Å². The maximum absolute atomic E-state index is 12.1. The number of aryl methyl sites for hydroxylation is 2. The van der Waals surface area contributed by atoms with Crippen molar-refractivity contribution in [2.75, 3.05) is 5.75 Å². The van der Waals surface area contributed by atoms with Crippen LogP contribution in [0.4, 0.5) is 0 Å². The molecule has 0 aliphatic heterocycles. The summed E-state index contributed by atoms with van der Waals surface area (Å²) in [4.78, 5) is 12.1. The van der Waals surface area contributed by atoms with Gasteiger partial charge in [-0.25, -0.2) is 5.43 Å². The lowest BCUT2D eigenvalue weighted by Gasteiger charge is -2.11. The molecule has 3 rings (SSSR count). The number of nitrogens with one attached hydrogen (secondary N) is 1. The lowest BCUT2D eigenvalue weighted by Crippen LogP contribution is -2.19. The molecule has 0 saturated heterocycles. The molecule has 0 bridgehead atoms. The Morgan fingerprint density at radius 3 is 2.48 bits per heavy atom. The van der Waals surface area contributed by atoms with Gasteiger partial charge in [0.1, 0.15) is 0 Å². The number of hydrogen-bond donors (Lipinski definition) is 1. The highest BCUT2D eigenvalue weighted by molar-refractivity contribution is 9.10. The Hall–Kier alpha value is -2.02. The molecule has 0 saturated carbocycles. The SMILES string of the molecule is Cc1ccc(-n2c(C)c(Br)c(/C=N\NC(=O)CSCc3ccc(Cl)cc3)c2C)cc1C. The summed E-state index contributed by atoms with van der Waals surface area (Å²) in [6.07, 6.45) is 1.70. The molecule has 0 spiro atoms. The fourth-order valence-corrected chi connectivity index (χ4v) is 4.74. The molecule has 1 aromatic heterocycles. The molecule has 0 aliphatic carbocycles. The summed E-state index contributed by atoms with van der Waals surface area (Å²) in [6, 6.07) is 14.1. The first-order chi connectivity index (χ1) is 14.8. The molecule has 0 unspecified atom stereocenters. The molecule has 7 heteroatoms. The topological polar surface area (TPSA) is 46.4 Å². The third kappa shape index (κ3) is 5.82. The fourth-order valence-electron chi connectivity index (χ4n) is 3.27. The van der Waals surface area contributed by atoms with Gasteiger partial charge in [-0.05, 0) is 84.6 Å². The maximum Gasteiger partial charge on any atom is 0.250 e.